The third kappa shape index (κ3) is 3.61. The van der Waals surface area contributed by atoms with Gasteiger partial charge in [-0.1, -0.05) is 29.0 Å². The maximum absolute atomic E-state index is 14.8. The van der Waals surface area contributed by atoms with Crippen molar-refractivity contribution in [2.24, 2.45) is 0 Å². The van der Waals surface area contributed by atoms with Gasteiger partial charge in [-0.05, 0) is 54.2 Å². The van der Waals surface area contributed by atoms with Crippen molar-refractivity contribution in [3.05, 3.63) is 69.5 Å². The molecule has 1 fully saturated rings. The van der Waals surface area contributed by atoms with Crippen LogP contribution in [-0.4, -0.2) is 67.1 Å². The van der Waals surface area contributed by atoms with E-state index in [-0.39, 0.29) is 5.56 Å². The third-order valence-corrected chi connectivity index (χ3v) is 6.21. The van der Waals surface area contributed by atoms with Crippen LogP contribution >= 0.6 is 0 Å². The fourth-order valence-corrected chi connectivity index (χ4v) is 4.35. The summed E-state index contributed by atoms with van der Waals surface area (Å²) in [5.41, 5.74) is 4.56. The van der Waals surface area contributed by atoms with Crippen LogP contribution in [-0.2, 0) is 22.8 Å². The number of halogens is 1. The Morgan fingerprint density at radius 3 is 2.50 bits per heavy atom. The van der Waals surface area contributed by atoms with Gasteiger partial charge >= 0.3 is 0 Å². The van der Waals surface area contributed by atoms with Gasteiger partial charge in [0.1, 0.15) is 36.3 Å². The molecule has 0 bridgehead atoms. The molecule has 0 unspecified atom stereocenters. The maximum Gasteiger partial charge on any atom is 0.129 e. The van der Waals surface area contributed by atoms with E-state index in [9.17, 15) is 24.8 Å². The Balaban J connectivity index is 1.66. The van der Waals surface area contributed by atoms with E-state index in [0.29, 0.717) is 12.8 Å². The van der Waals surface area contributed by atoms with Gasteiger partial charge < -0.3 is 25.2 Å². The lowest BCUT2D eigenvalue weighted by molar-refractivity contribution is -0.232. The van der Waals surface area contributed by atoms with E-state index in [4.69, 9.17) is 20.4 Å². The van der Waals surface area contributed by atoms with E-state index >= 15 is 0 Å². The maximum atomic E-state index is 14.8. The molecule has 0 spiro atoms. The summed E-state index contributed by atoms with van der Waals surface area (Å²) in [5.74, 6) is -0.597. The van der Waals surface area contributed by atoms with Crippen LogP contribution in [0.5, 0.6) is 0 Å². The quantitative estimate of drug-likeness (QED) is 0.547. The lowest BCUT2D eigenvalue weighted by Crippen LogP contribution is -2.55. The zero-order valence-corrected chi connectivity index (χ0v) is 16.6. The molecule has 5 atom stereocenters. The topological polar surface area (TPSA) is 90.2 Å². The van der Waals surface area contributed by atoms with Crippen LogP contribution in [0.1, 0.15) is 39.5 Å². The molecular formula is C22H23B2FO5. The van der Waals surface area contributed by atoms with Gasteiger partial charge in [0.25, 0.3) is 0 Å². The summed E-state index contributed by atoms with van der Waals surface area (Å²) in [5, 5.41) is 39.0. The molecule has 0 amide bonds. The first-order valence-electron chi connectivity index (χ1n) is 9.92. The molecule has 1 heterocycles. The highest BCUT2D eigenvalue weighted by Crippen LogP contribution is 2.38. The molecule has 8 heteroatoms. The number of hydrogen-bond donors (Lipinski definition) is 4. The van der Waals surface area contributed by atoms with Gasteiger partial charge in [0.2, 0.25) is 0 Å². The van der Waals surface area contributed by atoms with E-state index in [2.05, 4.69) is 0 Å². The van der Waals surface area contributed by atoms with Crippen LogP contribution in [0.2, 0.25) is 0 Å². The van der Waals surface area contributed by atoms with Crippen molar-refractivity contribution in [2.45, 2.75) is 55.5 Å². The fourth-order valence-electron chi connectivity index (χ4n) is 4.35. The Hall–Kier alpha value is -1.70. The fraction of sp³-hybridized carbons (Fsp3) is 0.455. The van der Waals surface area contributed by atoms with E-state index < -0.39 is 48.2 Å². The molecule has 2 aromatic rings. The number of rotatable bonds is 4. The lowest BCUT2D eigenvalue weighted by Gasteiger charge is -2.40. The van der Waals surface area contributed by atoms with Gasteiger partial charge in [-0.25, -0.2) is 4.39 Å². The minimum Gasteiger partial charge on any atom is -0.394 e. The summed E-state index contributed by atoms with van der Waals surface area (Å²) in [6.45, 7) is 1.21. The molecule has 5 nitrogen and oxygen atoms in total. The second-order valence-corrected chi connectivity index (χ2v) is 8.44. The van der Waals surface area contributed by atoms with Crippen molar-refractivity contribution < 1.29 is 29.6 Å². The highest BCUT2D eigenvalue weighted by atomic mass is 19.1. The molecule has 30 heavy (non-hydrogen) atoms. The zero-order chi connectivity index (χ0) is 21.8. The molecule has 0 saturated carbocycles. The van der Waals surface area contributed by atoms with E-state index in [1.807, 2.05) is 18.2 Å². The van der Waals surface area contributed by atoms with Crippen LogP contribution in [0.15, 0.2) is 30.3 Å². The number of benzene rings is 2. The molecular weight excluding hydrogens is 385 g/mol. The van der Waals surface area contributed by atoms with Gasteiger partial charge in [-0.15, -0.1) is 0 Å². The largest absolute Gasteiger partial charge is 0.394 e. The normalized spacial score (nSPS) is 29.9. The molecule has 1 saturated heterocycles. The minimum absolute atomic E-state index is 0.0587. The van der Waals surface area contributed by atoms with Crippen LogP contribution < -0.4 is 0 Å². The first kappa shape index (κ1) is 21.5. The number of hydrogen-bond acceptors (Lipinski definition) is 5. The molecule has 154 valence electrons. The predicted octanol–water partition coefficient (Wildman–Crippen LogP) is 0.286. The number of ether oxygens (including phenoxy) is 1. The van der Waals surface area contributed by atoms with Gasteiger partial charge in [-0.2, -0.15) is 0 Å². The molecule has 4 radical (unpaired) electrons. The highest BCUT2D eigenvalue weighted by molar-refractivity contribution is 6.41. The Labute approximate surface area is 177 Å². The van der Waals surface area contributed by atoms with Crippen molar-refractivity contribution in [1.29, 1.82) is 0 Å². The summed E-state index contributed by atoms with van der Waals surface area (Å²) in [6, 6.07) is 8.86. The first-order chi connectivity index (χ1) is 14.1. The van der Waals surface area contributed by atoms with Crippen molar-refractivity contribution >= 4 is 15.7 Å². The van der Waals surface area contributed by atoms with Crippen LogP contribution in [0, 0.1) is 12.7 Å². The molecule has 2 aliphatic rings. The molecule has 1 aliphatic heterocycles. The van der Waals surface area contributed by atoms with Gasteiger partial charge in [0.15, 0.2) is 0 Å². The predicted molar refractivity (Wildman–Crippen MR) is 110 cm³/mol. The van der Waals surface area contributed by atoms with E-state index in [0.717, 1.165) is 27.8 Å². The highest BCUT2D eigenvalue weighted by Gasteiger charge is 2.44. The second kappa shape index (κ2) is 7.77. The molecule has 1 aliphatic carbocycles. The van der Waals surface area contributed by atoms with Crippen molar-refractivity contribution in [2.75, 3.05) is 6.61 Å². The molecule has 2 aromatic carbocycles. The average Bonchev–Trinajstić information content (AvgIpc) is 2.69. The lowest BCUT2D eigenvalue weighted by atomic mass is 9.42. The van der Waals surface area contributed by atoms with Crippen molar-refractivity contribution in [3.8, 4) is 0 Å². The molecule has 4 rings (SSSR count). The summed E-state index contributed by atoms with van der Waals surface area (Å²) in [7, 11) is 12.1. The number of aliphatic hydroxyl groups excluding tert-OH is 4. The number of aryl methyl sites for hydroxylation is 1. The standard InChI is InChI=1S/C22H23B2FO5/c1-10-4-16(25)14(21-20(29)19(28)18(27)17(9-26)30-21)7-13(10)5-11-2-3-12-8-22(23,24)15(12)6-11/h2-4,6-7,17-21,26-29H,5,8-9H2,1H3/t17-,18-,19+,20-,21+/m1/s1. The monoisotopic (exact) mass is 408 g/mol. The van der Waals surface area contributed by atoms with Crippen LogP contribution in [0.4, 0.5) is 4.39 Å². The average molecular weight is 408 g/mol. The van der Waals surface area contributed by atoms with Gasteiger partial charge in [0.05, 0.1) is 22.3 Å². The Kier molecular flexibility index (Phi) is 5.58. The summed E-state index contributed by atoms with van der Waals surface area (Å²) in [6.07, 6.45) is -5.83. The second-order valence-electron chi connectivity index (χ2n) is 8.44. The molecule has 0 aromatic heterocycles. The third-order valence-electron chi connectivity index (χ3n) is 6.21. The smallest absolute Gasteiger partial charge is 0.129 e. The zero-order valence-electron chi connectivity index (χ0n) is 16.6. The SMILES string of the molecule is [B]C1([B])Cc2ccc(Cc3cc([C@@H]4O[C@H](CO)[C@@H](O)[C@H](O)[C@H]4O)c(F)cc3C)cc21. The Morgan fingerprint density at radius 2 is 1.83 bits per heavy atom. The summed E-state index contributed by atoms with van der Waals surface area (Å²) >= 11 is 0. The Bertz CT molecular complexity index is 965. The van der Waals surface area contributed by atoms with Crippen molar-refractivity contribution in [1.82, 2.24) is 0 Å². The number of fused-ring (bicyclic) bond motifs is 1. The first-order valence-corrected chi connectivity index (χ1v) is 9.92. The van der Waals surface area contributed by atoms with Gasteiger partial charge in [-0.3, -0.25) is 0 Å². The minimum atomic E-state index is -1.57. The summed E-state index contributed by atoms with van der Waals surface area (Å²) in [4.78, 5) is 0. The number of aliphatic hydroxyl groups is 4. The van der Waals surface area contributed by atoms with Crippen LogP contribution in [0.3, 0.4) is 0 Å². The molecule has 4 N–H and O–H groups in total. The Morgan fingerprint density at radius 1 is 1.10 bits per heavy atom. The van der Waals surface area contributed by atoms with Crippen LogP contribution in [0.25, 0.3) is 0 Å². The van der Waals surface area contributed by atoms with E-state index in [1.54, 1.807) is 13.0 Å². The van der Waals surface area contributed by atoms with Gasteiger partial charge in [0, 0.05) is 5.56 Å². The van der Waals surface area contributed by atoms with E-state index in [1.165, 1.54) is 6.07 Å². The van der Waals surface area contributed by atoms with Crippen molar-refractivity contribution in [3.63, 3.8) is 0 Å². The summed E-state index contributed by atoms with van der Waals surface area (Å²) < 4.78 is 20.3.